The summed E-state index contributed by atoms with van der Waals surface area (Å²) in [5.41, 5.74) is 0. The largest absolute Gasteiger partial charge is 0.353 e. The Kier molecular flexibility index (Phi) is 6.34. The van der Waals surface area contributed by atoms with E-state index in [9.17, 15) is 9.59 Å². The maximum Gasteiger partial charge on any atom is 0.230 e. The van der Waals surface area contributed by atoms with Gasteiger partial charge in [-0.15, -0.1) is 0 Å². The van der Waals surface area contributed by atoms with E-state index in [0.717, 1.165) is 25.7 Å². The molecule has 0 aliphatic heterocycles. The predicted octanol–water partition coefficient (Wildman–Crippen LogP) is 1.32. The molecule has 0 aromatic carbocycles. The molecule has 1 aliphatic rings. The van der Waals surface area contributed by atoms with Gasteiger partial charge in [0.1, 0.15) is 0 Å². The topological polar surface area (TPSA) is 58.2 Å². The van der Waals surface area contributed by atoms with Crippen molar-refractivity contribution in [2.75, 3.05) is 10.7 Å². The van der Waals surface area contributed by atoms with E-state index in [1.165, 1.54) is 0 Å². The lowest BCUT2D eigenvalue weighted by Gasteiger charge is -2.29. The van der Waals surface area contributed by atoms with Crippen LogP contribution in [0.25, 0.3) is 0 Å². The van der Waals surface area contributed by atoms with Crippen LogP contribution in [0.5, 0.6) is 0 Å². The van der Waals surface area contributed by atoms with Gasteiger partial charge in [-0.1, -0.05) is 31.9 Å². The summed E-state index contributed by atoms with van der Waals surface area (Å²) < 4.78 is 0. The molecule has 1 rings (SSSR count). The number of amides is 2. The summed E-state index contributed by atoms with van der Waals surface area (Å²) in [4.78, 5) is 22.3. The Labute approximate surface area is 112 Å². The summed E-state index contributed by atoms with van der Waals surface area (Å²) in [6, 6.07) is 0.532. The molecule has 0 unspecified atom stereocenters. The van der Waals surface area contributed by atoms with Crippen molar-refractivity contribution < 1.29 is 9.59 Å². The molecule has 16 heavy (non-hydrogen) atoms. The molecule has 6 heteroatoms. The number of nitrogens with one attached hydrogen (secondary N) is 2. The maximum atomic E-state index is 11.2. The zero-order valence-electron chi connectivity index (χ0n) is 8.97. The van der Waals surface area contributed by atoms with Gasteiger partial charge in [0.2, 0.25) is 11.8 Å². The van der Waals surface area contributed by atoms with Gasteiger partial charge < -0.3 is 10.6 Å². The summed E-state index contributed by atoms with van der Waals surface area (Å²) in [6.07, 6.45) is 3.75. The quantitative estimate of drug-likeness (QED) is 0.747. The van der Waals surface area contributed by atoms with Crippen LogP contribution in [0.3, 0.4) is 0 Å². The monoisotopic (exact) mass is 354 g/mol. The molecular weight excluding hydrogens is 340 g/mol. The third kappa shape index (κ3) is 4.82. The smallest absolute Gasteiger partial charge is 0.230 e. The lowest BCUT2D eigenvalue weighted by molar-refractivity contribution is -0.121. The van der Waals surface area contributed by atoms with Gasteiger partial charge in [-0.3, -0.25) is 9.59 Å². The zero-order chi connectivity index (χ0) is 12.0. The molecule has 92 valence electrons. The molecular formula is C10H16Br2N2O2. The highest BCUT2D eigenvalue weighted by Gasteiger charge is 2.22. The molecule has 2 N–H and O–H groups in total. The van der Waals surface area contributed by atoms with Gasteiger partial charge in [-0.05, 0) is 25.7 Å². The van der Waals surface area contributed by atoms with Crippen molar-refractivity contribution in [1.82, 2.24) is 10.6 Å². The van der Waals surface area contributed by atoms with Crippen LogP contribution in [0.4, 0.5) is 0 Å². The van der Waals surface area contributed by atoms with Crippen LogP contribution in [-0.2, 0) is 9.59 Å². The third-order valence-electron chi connectivity index (χ3n) is 2.70. The molecule has 0 aromatic heterocycles. The van der Waals surface area contributed by atoms with Crippen LogP contribution in [0, 0.1) is 0 Å². The zero-order valence-corrected chi connectivity index (χ0v) is 12.1. The number of alkyl halides is 2. The molecule has 0 atom stereocenters. The Balaban J connectivity index is 2.23. The molecule has 1 aliphatic carbocycles. The minimum atomic E-state index is 0.0351. The number of carbonyl (C=O) groups is 2. The first-order valence-corrected chi connectivity index (χ1v) is 7.60. The Bertz CT molecular complexity index is 227. The minimum Gasteiger partial charge on any atom is -0.353 e. The summed E-state index contributed by atoms with van der Waals surface area (Å²) in [5, 5.41) is 6.61. The number of halogens is 2. The third-order valence-corrected chi connectivity index (χ3v) is 3.72. The van der Waals surface area contributed by atoms with Crippen molar-refractivity contribution in [2.24, 2.45) is 0 Å². The van der Waals surface area contributed by atoms with Crippen molar-refractivity contribution in [2.45, 2.75) is 37.8 Å². The number of carbonyl (C=O) groups excluding carboxylic acids is 2. The van der Waals surface area contributed by atoms with Gasteiger partial charge in [0, 0.05) is 12.1 Å². The van der Waals surface area contributed by atoms with Crippen LogP contribution < -0.4 is 10.6 Å². The molecule has 1 fully saturated rings. The Morgan fingerprint density at radius 2 is 1.19 bits per heavy atom. The Morgan fingerprint density at radius 3 is 1.44 bits per heavy atom. The van der Waals surface area contributed by atoms with E-state index in [1.54, 1.807) is 0 Å². The van der Waals surface area contributed by atoms with E-state index < -0.39 is 0 Å². The number of hydrogen-bond acceptors (Lipinski definition) is 2. The SMILES string of the molecule is O=C(CBr)N[C@H]1CC[C@@H](NC(=O)CBr)CC1. The van der Waals surface area contributed by atoms with Crippen molar-refractivity contribution >= 4 is 43.7 Å². The Hall–Kier alpha value is -0.100. The van der Waals surface area contributed by atoms with Crippen molar-refractivity contribution in [3.8, 4) is 0 Å². The average Bonchev–Trinajstić information content (AvgIpc) is 2.31. The molecule has 1 saturated carbocycles. The van der Waals surface area contributed by atoms with Gasteiger partial charge in [-0.2, -0.15) is 0 Å². The van der Waals surface area contributed by atoms with Crippen molar-refractivity contribution in [3.63, 3.8) is 0 Å². The van der Waals surface area contributed by atoms with Crippen molar-refractivity contribution in [1.29, 1.82) is 0 Å². The lowest BCUT2D eigenvalue weighted by Crippen LogP contribution is -2.44. The molecule has 4 nitrogen and oxygen atoms in total. The van der Waals surface area contributed by atoms with Gasteiger partial charge >= 0.3 is 0 Å². The highest BCUT2D eigenvalue weighted by atomic mass is 79.9. The average molecular weight is 356 g/mol. The normalized spacial score (nSPS) is 24.9. The molecule has 2 amide bonds. The second-order valence-corrected chi connectivity index (χ2v) is 5.07. The second kappa shape index (κ2) is 7.27. The first-order chi connectivity index (χ1) is 7.65. The van der Waals surface area contributed by atoms with Gasteiger partial charge in [-0.25, -0.2) is 0 Å². The number of rotatable bonds is 4. The Morgan fingerprint density at radius 1 is 0.875 bits per heavy atom. The molecule has 0 aromatic rings. The highest BCUT2D eigenvalue weighted by Crippen LogP contribution is 2.18. The minimum absolute atomic E-state index is 0.0351. The first-order valence-electron chi connectivity index (χ1n) is 5.36. The summed E-state index contributed by atoms with van der Waals surface area (Å²) >= 11 is 6.24. The summed E-state index contributed by atoms with van der Waals surface area (Å²) in [7, 11) is 0. The van der Waals surface area contributed by atoms with Gasteiger partial charge in [0.15, 0.2) is 0 Å². The van der Waals surface area contributed by atoms with E-state index in [-0.39, 0.29) is 23.9 Å². The van der Waals surface area contributed by atoms with E-state index in [0.29, 0.717) is 10.7 Å². The van der Waals surface area contributed by atoms with E-state index in [1.807, 2.05) is 0 Å². The van der Waals surface area contributed by atoms with E-state index >= 15 is 0 Å². The van der Waals surface area contributed by atoms with Crippen LogP contribution in [-0.4, -0.2) is 34.6 Å². The van der Waals surface area contributed by atoms with Gasteiger partial charge in [0.05, 0.1) is 10.7 Å². The van der Waals surface area contributed by atoms with Crippen LogP contribution in [0.15, 0.2) is 0 Å². The molecule has 0 bridgehead atoms. The second-order valence-electron chi connectivity index (χ2n) is 3.95. The van der Waals surface area contributed by atoms with Crippen molar-refractivity contribution in [3.05, 3.63) is 0 Å². The number of hydrogen-bond donors (Lipinski definition) is 2. The fourth-order valence-electron chi connectivity index (χ4n) is 1.91. The van der Waals surface area contributed by atoms with Gasteiger partial charge in [0.25, 0.3) is 0 Å². The van der Waals surface area contributed by atoms with E-state index in [4.69, 9.17) is 0 Å². The molecule has 0 heterocycles. The lowest BCUT2D eigenvalue weighted by atomic mass is 9.91. The first kappa shape index (κ1) is 14.0. The van der Waals surface area contributed by atoms with Crippen LogP contribution >= 0.6 is 31.9 Å². The standard InChI is InChI=1S/C10H16Br2N2O2/c11-5-9(15)13-7-1-2-8(4-3-7)14-10(16)6-12/h7-8H,1-6H2,(H,13,15)(H,14,16)/t7-,8+. The maximum absolute atomic E-state index is 11.2. The van der Waals surface area contributed by atoms with E-state index in [2.05, 4.69) is 42.5 Å². The van der Waals surface area contributed by atoms with Crippen LogP contribution in [0.2, 0.25) is 0 Å². The molecule has 0 radical (unpaired) electrons. The summed E-state index contributed by atoms with van der Waals surface area (Å²) in [5.74, 6) is 0.0703. The summed E-state index contributed by atoms with van der Waals surface area (Å²) in [6.45, 7) is 0. The predicted molar refractivity (Wildman–Crippen MR) is 69.9 cm³/mol. The molecule has 0 saturated heterocycles. The highest BCUT2D eigenvalue weighted by molar-refractivity contribution is 9.09. The fourth-order valence-corrected chi connectivity index (χ4v) is 2.24. The van der Waals surface area contributed by atoms with Crippen LogP contribution in [0.1, 0.15) is 25.7 Å². The molecule has 0 spiro atoms. The fraction of sp³-hybridized carbons (Fsp3) is 0.800.